The van der Waals surface area contributed by atoms with Crippen molar-refractivity contribution in [1.82, 2.24) is 9.55 Å². The molecular formula is C35H40Cl2N2O4S. The van der Waals surface area contributed by atoms with Gasteiger partial charge < -0.3 is 9.30 Å². The van der Waals surface area contributed by atoms with Gasteiger partial charge in [-0.1, -0.05) is 77.8 Å². The zero-order valence-electron chi connectivity index (χ0n) is 26.3. The highest BCUT2D eigenvalue weighted by Gasteiger charge is 2.10. The number of sulfone groups is 1. The number of nitrogens with zero attached hydrogens (tertiary/aromatic N) is 2. The van der Waals surface area contributed by atoms with Gasteiger partial charge in [0.15, 0.2) is 9.84 Å². The first kappa shape index (κ1) is 36.5. The number of alkyl halides is 1. The van der Waals surface area contributed by atoms with Crippen molar-refractivity contribution in [1.29, 1.82) is 0 Å². The molecule has 1 heterocycles. The van der Waals surface area contributed by atoms with Gasteiger partial charge in [0.05, 0.1) is 23.3 Å². The molecule has 0 aliphatic heterocycles. The highest BCUT2D eigenvalue weighted by Crippen LogP contribution is 2.24. The minimum Gasteiger partial charge on any atom is -0.465 e. The second-order valence-corrected chi connectivity index (χ2v) is 13.0. The van der Waals surface area contributed by atoms with E-state index in [4.69, 9.17) is 28.2 Å². The standard InChI is InChI=1S/C22H24N2O2S.C9H10O2.C4H6Cl2/c1-5-16(2)21-15-24(3)22(23-21)13-17-9-11-18(12-10-17)19-7-6-8-20(14-19)27(4,25)26;1-7-3-5-8(6-4-7)9(10)11-2;1-4(6)2-3-5/h5-12,14-15H,13H2,1-4H3;3-6H,1-2H3;2H,3H2,1H3/b16-5+;;4-2+. The maximum atomic E-state index is 11.8. The Hall–Kier alpha value is -3.65. The Labute approximate surface area is 271 Å². The van der Waals surface area contributed by atoms with Crippen molar-refractivity contribution in [3.63, 3.8) is 0 Å². The molecule has 1 aromatic heterocycles. The zero-order chi connectivity index (χ0) is 32.9. The number of hydrogen-bond acceptors (Lipinski definition) is 5. The van der Waals surface area contributed by atoms with E-state index in [1.807, 2.05) is 51.2 Å². The molecule has 9 heteroatoms. The normalized spacial score (nSPS) is 11.6. The number of allylic oxidation sites excluding steroid dienone is 4. The van der Waals surface area contributed by atoms with E-state index in [0.717, 1.165) is 50.8 Å². The molecule has 0 aliphatic carbocycles. The lowest BCUT2D eigenvalue weighted by Gasteiger charge is -2.07. The number of benzene rings is 3. The highest BCUT2D eigenvalue weighted by molar-refractivity contribution is 7.90. The molecule has 0 N–H and O–H groups in total. The van der Waals surface area contributed by atoms with E-state index >= 15 is 0 Å². The van der Waals surface area contributed by atoms with E-state index < -0.39 is 9.84 Å². The molecule has 0 atom stereocenters. The molecule has 0 amide bonds. The Kier molecular flexibility index (Phi) is 14.6. The average Bonchev–Trinajstić information content (AvgIpc) is 3.37. The second-order valence-electron chi connectivity index (χ2n) is 10.1. The SMILES string of the molecule is C/C(Cl)=C\CCl.C/C=C(\C)c1cn(C)c(Cc2ccc(-c3cccc(S(C)(=O)=O)c3)cc2)n1.COC(=O)c1ccc(C)cc1. The van der Waals surface area contributed by atoms with Gasteiger partial charge in [0.25, 0.3) is 0 Å². The first-order chi connectivity index (χ1) is 20.8. The molecule has 4 aromatic rings. The molecule has 0 saturated heterocycles. The van der Waals surface area contributed by atoms with Crippen molar-refractivity contribution in [2.75, 3.05) is 19.2 Å². The summed E-state index contributed by atoms with van der Waals surface area (Å²) in [4.78, 5) is 16.0. The topological polar surface area (TPSA) is 78.3 Å². The van der Waals surface area contributed by atoms with Crippen molar-refractivity contribution in [3.8, 4) is 11.1 Å². The summed E-state index contributed by atoms with van der Waals surface area (Å²) in [5, 5.41) is 0.755. The molecule has 4 rings (SSSR count). The van der Waals surface area contributed by atoms with Crippen LogP contribution in [0.1, 0.15) is 53.8 Å². The first-order valence-electron chi connectivity index (χ1n) is 13.9. The Balaban J connectivity index is 0.000000326. The number of methoxy groups -OCH3 is 1. The number of imidazole rings is 1. The first-order valence-corrected chi connectivity index (χ1v) is 16.7. The molecule has 0 saturated carbocycles. The van der Waals surface area contributed by atoms with Crippen LogP contribution >= 0.6 is 23.2 Å². The number of ether oxygens (including phenoxy) is 1. The maximum Gasteiger partial charge on any atom is 0.337 e. The van der Waals surface area contributed by atoms with Crippen molar-refractivity contribution in [2.45, 2.75) is 39.0 Å². The molecular weight excluding hydrogens is 615 g/mol. The minimum absolute atomic E-state index is 0.287. The number of carbonyl (C=O) groups is 1. The fraction of sp³-hybridized carbons (Fsp3) is 0.257. The third-order valence-corrected chi connectivity index (χ3v) is 7.97. The van der Waals surface area contributed by atoms with Gasteiger partial charge in [-0.05, 0) is 74.2 Å². The molecule has 0 spiro atoms. The van der Waals surface area contributed by atoms with E-state index in [1.54, 1.807) is 43.3 Å². The van der Waals surface area contributed by atoms with Gasteiger partial charge in [-0.3, -0.25) is 0 Å². The molecule has 0 radical (unpaired) electrons. The number of halogens is 2. The predicted octanol–water partition coefficient (Wildman–Crippen LogP) is 8.65. The summed E-state index contributed by atoms with van der Waals surface area (Å²) in [6.45, 7) is 7.84. The van der Waals surface area contributed by atoms with Crippen LogP contribution < -0.4 is 0 Å². The number of esters is 1. The van der Waals surface area contributed by atoms with Crippen LogP contribution in [-0.2, 0) is 28.0 Å². The smallest absolute Gasteiger partial charge is 0.337 e. The van der Waals surface area contributed by atoms with Crippen LogP contribution in [0, 0.1) is 6.92 Å². The lowest BCUT2D eigenvalue weighted by Crippen LogP contribution is -2.00. The summed E-state index contributed by atoms with van der Waals surface area (Å²) >= 11 is 10.6. The Morgan fingerprint density at radius 3 is 2.14 bits per heavy atom. The van der Waals surface area contributed by atoms with Gasteiger partial charge in [-0.2, -0.15) is 0 Å². The maximum absolute atomic E-state index is 11.8. The fourth-order valence-corrected chi connectivity index (χ4v) is 4.88. The van der Waals surface area contributed by atoms with Crippen LogP contribution in [-0.4, -0.2) is 43.2 Å². The minimum atomic E-state index is -3.21. The summed E-state index contributed by atoms with van der Waals surface area (Å²) in [6.07, 6.45) is 7.83. The third kappa shape index (κ3) is 11.8. The Bertz CT molecular complexity index is 1690. The molecule has 44 heavy (non-hydrogen) atoms. The van der Waals surface area contributed by atoms with Gasteiger partial charge >= 0.3 is 5.97 Å². The molecule has 234 valence electrons. The van der Waals surface area contributed by atoms with Crippen LogP contribution in [0.5, 0.6) is 0 Å². The van der Waals surface area contributed by atoms with Crippen LogP contribution in [0.25, 0.3) is 16.7 Å². The molecule has 6 nitrogen and oxygen atoms in total. The van der Waals surface area contributed by atoms with Gasteiger partial charge in [-0.25, -0.2) is 18.2 Å². The van der Waals surface area contributed by atoms with Gasteiger partial charge in [0.1, 0.15) is 5.82 Å². The van der Waals surface area contributed by atoms with Gasteiger partial charge in [-0.15, -0.1) is 11.6 Å². The molecule has 0 bridgehead atoms. The summed E-state index contributed by atoms with van der Waals surface area (Å²) in [5.41, 5.74) is 6.95. The Morgan fingerprint density at radius 2 is 1.64 bits per heavy atom. The Morgan fingerprint density at radius 1 is 1.00 bits per heavy atom. The lowest BCUT2D eigenvalue weighted by molar-refractivity contribution is 0.0600. The summed E-state index contributed by atoms with van der Waals surface area (Å²) < 4.78 is 30.1. The number of rotatable bonds is 7. The van der Waals surface area contributed by atoms with Crippen molar-refractivity contribution in [2.24, 2.45) is 7.05 Å². The number of aryl methyl sites for hydroxylation is 2. The fourth-order valence-electron chi connectivity index (χ4n) is 3.82. The zero-order valence-corrected chi connectivity index (χ0v) is 28.6. The molecule has 0 unspecified atom stereocenters. The molecule has 3 aromatic carbocycles. The number of hydrogen-bond donors (Lipinski definition) is 0. The number of aromatic nitrogens is 2. The predicted molar refractivity (Wildman–Crippen MR) is 183 cm³/mol. The molecule has 0 fully saturated rings. The number of carbonyl (C=O) groups excluding carboxylic acids is 1. The largest absolute Gasteiger partial charge is 0.465 e. The van der Waals surface area contributed by atoms with E-state index in [2.05, 4.69) is 40.6 Å². The summed E-state index contributed by atoms with van der Waals surface area (Å²) in [6, 6.07) is 22.5. The average molecular weight is 656 g/mol. The highest BCUT2D eigenvalue weighted by atomic mass is 35.5. The lowest BCUT2D eigenvalue weighted by atomic mass is 10.0. The van der Waals surface area contributed by atoms with E-state index in [-0.39, 0.29) is 5.97 Å². The van der Waals surface area contributed by atoms with Crippen molar-refractivity contribution < 1.29 is 17.9 Å². The third-order valence-electron chi connectivity index (χ3n) is 6.55. The monoisotopic (exact) mass is 654 g/mol. The van der Waals surface area contributed by atoms with E-state index in [1.165, 1.54) is 13.4 Å². The van der Waals surface area contributed by atoms with Crippen LogP contribution in [0.4, 0.5) is 0 Å². The van der Waals surface area contributed by atoms with Crippen molar-refractivity contribution >= 4 is 44.6 Å². The summed E-state index contributed by atoms with van der Waals surface area (Å²) in [5.74, 6) is 1.23. The second kappa shape index (κ2) is 17.6. The van der Waals surface area contributed by atoms with Crippen molar-refractivity contribution in [3.05, 3.63) is 124 Å². The summed E-state index contributed by atoms with van der Waals surface area (Å²) in [7, 11) is 0.181. The van der Waals surface area contributed by atoms with E-state index in [9.17, 15) is 13.2 Å². The van der Waals surface area contributed by atoms with Crippen LogP contribution in [0.3, 0.4) is 0 Å². The van der Waals surface area contributed by atoms with E-state index in [0.29, 0.717) is 16.3 Å². The quantitative estimate of drug-likeness (QED) is 0.147. The van der Waals surface area contributed by atoms with Gasteiger partial charge in [0.2, 0.25) is 0 Å². The molecule has 0 aliphatic rings. The van der Waals surface area contributed by atoms with Crippen LogP contribution in [0.15, 0.2) is 101 Å². The van der Waals surface area contributed by atoms with Gasteiger partial charge in [0, 0.05) is 36.8 Å². The van der Waals surface area contributed by atoms with Crippen LogP contribution in [0.2, 0.25) is 0 Å².